The van der Waals surface area contributed by atoms with Gasteiger partial charge in [0, 0.05) is 34.9 Å². The van der Waals surface area contributed by atoms with E-state index in [-0.39, 0.29) is 38.0 Å². The number of fused-ring (bicyclic) bond motifs is 1. The van der Waals surface area contributed by atoms with Crippen LogP contribution in [-0.4, -0.2) is 40.1 Å². The van der Waals surface area contributed by atoms with Crippen LogP contribution in [0.4, 0.5) is 0 Å². The predicted octanol–water partition coefficient (Wildman–Crippen LogP) is 2.16. The fourth-order valence-electron chi connectivity index (χ4n) is 6.32. The Labute approximate surface area is 133 Å². The van der Waals surface area contributed by atoms with Crippen molar-refractivity contribution in [3.63, 3.8) is 0 Å². The summed E-state index contributed by atoms with van der Waals surface area (Å²) in [6.07, 6.45) is 8.53. The number of ether oxygens (including phenoxy) is 1. The Morgan fingerprint density at radius 3 is 3.19 bits per heavy atom. The summed E-state index contributed by atoms with van der Waals surface area (Å²) in [4.78, 5) is 15.0. The minimum absolute atomic E-state index is 0.0192. The number of rotatable bonds is 0. The van der Waals surface area contributed by atoms with Crippen LogP contribution in [0.25, 0.3) is 0 Å². The number of allylic oxidation sites excluding steroid dienone is 2. The fourth-order valence-corrected chi connectivity index (χ4v) is 8.82. The second kappa shape index (κ2) is 3.34. The Balaban J connectivity index is 1.70. The maximum Gasteiger partial charge on any atom is 0.185 e. The van der Waals surface area contributed by atoms with Crippen molar-refractivity contribution in [1.29, 1.82) is 0 Å². The highest BCUT2D eigenvalue weighted by molar-refractivity contribution is 14.2. The van der Waals surface area contributed by atoms with Crippen molar-refractivity contribution in [2.45, 2.75) is 25.0 Å². The molecule has 3 fully saturated rings. The first kappa shape index (κ1) is 11.9. The molecule has 0 radical (unpaired) electrons. The van der Waals surface area contributed by atoms with Crippen LogP contribution in [0.3, 0.4) is 0 Å². The van der Waals surface area contributed by atoms with E-state index in [1.807, 2.05) is 6.08 Å². The van der Waals surface area contributed by atoms with Gasteiger partial charge in [0.2, 0.25) is 0 Å². The molecule has 0 aromatic rings. The summed E-state index contributed by atoms with van der Waals surface area (Å²) in [6.45, 7) is 1.18. The van der Waals surface area contributed by atoms with Gasteiger partial charge in [0.25, 0.3) is 0 Å². The van der Waals surface area contributed by atoms with Crippen LogP contribution >= 0.6 is 20.7 Å². The molecule has 3 aliphatic heterocycles. The summed E-state index contributed by atoms with van der Waals surface area (Å²) in [5, 5.41) is 0. The minimum Gasteiger partial charge on any atom is -0.327 e. The van der Waals surface area contributed by atoms with Gasteiger partial charge in [0.1, 0.15) is 9.80 Å². The maximum absolute atomic E-state index is 12.5. The summed E-state index contributed by atoms with van der Waals surface area (Å²) in [5.74, 6) is 0.671. The molecular formula is C17H16INO2. The van der Waals surface area contributed by atoms with Gasteiger partial charge in [-0.05, 0) is 35.6 Å². The molecule has 3 aliphatic carbocycles. The highest BCUT2D eigenvalue weighted by atomic mass is 127. The van der Waals surface area contributed by atoms with Gasteiger partial charge in [-0.2, -0.15) is 0 Å². The van der Waals surface area contributed by atoms with Gasteiger partial charge < -0.3 is 9.64 Å². The smallest absolute Gasteiger partial charge is 0.185 e. The lowest BCUT2D eigenvalue weighted by Gasteiger charge is -2.54. The Morgan fingerprint density at radius 2 is 2.33 bits per heavy atom. The van der Waals surface area contributed by atoms with Gasteiger partial charge in [-0.15, -0.1) is 0 Å². The normalized spacial score (nSPS) is 52.1. The quantitative estimate of drug-likeness (QED) is 0.591. The highest BCUT2D eigenvalue weighted by Crippen LogP contribution is 2.73. The van der Waals surface area contributed by atoms with Crippen molar-refractivity contribution >= 4 is 30.2 Å². The molecule has 0 amide bonds. The average Bonchev–Trinajstić information content (AvgIpc) is 2.87. The average molecular weight is 393 g/mol. The molecule has 0 aromatic heterocycles. The zero-order chi connectivity index (χ0) is 14.0. The van der Waals surface area contributed by atoms with E-state index in [2.05, 4.69) is 28.2 Å². The Bertz CT molecular complexity index is 748. The standard InChI is InChI=1S/C17H16INO2/c1-19-8-16-6-9-4-5-18-15-12(9)17(7-16)10(13(16)19)2-3-11(20)14(17)21-15/h2-5,10,13-14H,6-8H2,1H3/t10-,13-,14?,16?,17-/m0/s1. The zero-order valence-corrected chi connectivity index (χ0v) is 14.0. The summed E-state index contributed by atoms with van der Waals surface area (Å²) < 4.78 is 9.81. The Morgan fingerprint density at radius 1 is 1.43 bits per heavy atom. The summed E-state index contributed by atoms with van der Waals surface area (Å²) in [5.41, 5.74) is 3.34. The van der Waals surface area contributed by atoms with E-state index in [9.17, 15) is 4.79 Å². The molecule has 2 unspecified atom stereocenters. The zero-order valence-electron chi connectivity index (χ0n) is 11.8. The van der Waals surface area contributed by atoms with Crippen molar-refractivity contribution in [1.82, 2.24) is 4.90 Å². The van der Waals surface area contributed by atoms with Crippen molar-refractivity contribution in [2.24, 2.45) is 16.7 Å². The molecule has 5 atom stereocenters. The monoisotopic (exact) mass is 393 g/mol. The van der Waals surface area contributed by atoms with E-state index >= 15 is 0 Å². The van der Waals surface area contributed by atoms with Crippen LogP contribution in [0.2, 0.25) is 0 Å². The molecule has 2 saturated heterocycles. The van der Waals surface area contributed by atoms with Crippen molar-refractivity contribution in [3.05, 3.63) is 33.5 Å². The van der Waals surface area contributed by atoms with Crippen LogP contribution in [0.1, 0.15) is 12.8 Å². The third-order valence-corrected chi connectivity index (χ3v) is 8.69. The first-order valence-electron chi connectivity index (χ1n) is 7.66. The molecule has 6 aliphatic rings. The molecule has 2 bridgehead atoms. The van der Waals surface area contributed by atoms with E-state index in [0.717, 1.165) is 0 Å². The third-order valence-electron chi connectivity index (χ3n) is 6.61. The first-order valence-corrected chi connectivity index (χ1v) is 9.98. The lowest BCUT2D eigenvalue weighted by molar-refractivity contribution is -0.126. The molecule has 2 spiro atoms. The molecule has 3 heterocycles. The minimum atomic E-state index is -0.219. The number of carbonyl (C=O) groups is 1. The second-order valence-electron chi connectivity index (χ2n) is 7.48. The van der Waals surface area contributed by atoms with Gasteiger partial charge in [-0.25, -0.2) is 0 Å². The number of halogens is 1. The van der Waals surface area contributed by atoms with Crippen molar-refractivity contribution in [3.8, 4) is 0 Å². The molecular weight excluding hydrogens is 377 g/mol. The van der Waals surface area contributed by atoms with Gasteiger partial charge >= 0.3 is 0 Å². The molecule has 0 aromatic carbocycles. The van der Waals surface area contributed by atoms with Crippen LogP contribution < -0.4 is 0 Å². The number of carbonyl (C=O) groups excluding carboxylic acids is 1. The van der Waals surface area contributed by atoms with Crippen molar-refractivity contribution < 1.29 is 9.53 Å². The lowest BCUT2D eigenvalue weighted by Crippen LogP contribution is -2.62. The largest absolute Gasteiger partial charge is 0.327 e. The number of nitrogens with zero attached hydrogens (tertiary/aromatic N) is 1. The molecule has 0 N–H and O–H groups in total. The van der Waals surface area contributed by atoms with E-state index in [1.54, 1.807) is 0 Å². The molecule has 3 nitrogen and oxygen atoms in total. The number of hydrogen-bond donors (Lipinski definition) is 0. The van der Waals surface area contributed by atoms with E-state index in [4.69, 9.17) is 4.74 Å². The number of hydrogen-bond acceptors (Lipinski definition) is 3. The lowest BCUT2D eigenvalue weighted by atomic mass is 9.60. The topological polar surface area (TPSA) is 29.5 Å². The third kappa shape index (κ3) is 1.06. The van der Waals surface area contributed by atoms with Gasteiger partial charge in [-0.1, -0.05) is 32.9 Å². The first-order chi connectivity index (χ1) is 10.2. The molecule has 1 saturated carbocycles. The van der Waals surface area contributed by atoms with E-state index in [1.165, 1.54) is 34.2 Å². The van der Waals surface area contributed by atoms with Crippen LogP contribution in [0.5, 0.6) is 0 Å². The fraction of sp³-hybridized carbons (Fsp3) is 0.529. The Hall–Kier alpha value is -0.590. The SMILES string of the molecule is CN1CC23CC4=C5C(=IC=C4)OC4C(=O)C=C[C@@H]([C@H]12)[C@@]54C3. The Kier molecular flexibility index (Phi) is 1.89. The predicted molar refractivity (Wildman–Crippen MR) is 88.2 cm³/mol. The maximum atomic E-state index is 12.5. The second-order valence-corrected chi connectivity index (χ2v) is 9.80. The number of likely N-dealkylation sites (tertiary alicyclic amines) is 1. The number of ketones is 1. The van der Waals surface area contributed by atoms with Crippen LogP contribution in [-0.2, 0) is 9.53 Å². The van der Waals surface area contributed by atoms with Crippen LogP contribution in [0, 0.1) is 16.7 Å². The van der Waals surface area contributed by atoms with E-state index in [0.29, 0.717) is 17.4 Å². The molecule has 108 valence electrons. The van der Waals surface area contributed by atoms with Gasteiger partial charge in [0.05, 0.1) is 0 Å². The van der Waals surface area contributed by atoms with Gasteiger partial charge in [-0.3, -0.25) is 4.79 Å². The molecule has 4 heteroatoms. The van der Waals surface area contributed by atoms with Crippen LogP contribution in [0.15, 0.2) is 33.5 Å². The van der Waals surface area contributed by atoms with Gasteiger partial charge in [0.15, 0.2) is 5.78 Å². The summed E-state index contributed by atoms with van der Waals surface area (Å²) in [7, 11) is 2.24. The highest BCUT2D eigenvalue weighted by Gasteiger charge is 2.76. The molecule has 21 heavy (non-hydrogen) atoms. The molecule has 6 rings (SSSR count). The summed E-state index contributed by atoms with van der Waals surface area (Å²) >= 11 is -0.180. The van der Waals surface area contributed by atoms with E-state index < -0.39 is 0 Å². The van der Waals surface area contributed by atoms with Crippen molar-refractivity contribution in [2.75, 3.05) is 13.6 Å². The summed E-state index contributed by atoms with van der Waals surface area (Å²) in [6, 6.07) is 0.601.